The number of anilines is 1. The fourth-order valence-corrected chi connectivity index (χ4v) is 3.74. The Balaban J connectivity index is 1.64. The van der Waals surface area contributed by atoms with E-state index >= 15 is 0 Å². The smallest absolute Gasteiger partial charge is 0.268 e. The van der Waals surface area contributed by atoms with Crippen molar-refractivity contribution >= 4 is 38.5 Å². The maximum atomic E-state index is 12.9. The first-order valence-electron chi connectivity index (χ1n) is 8.69. The van der Waals surface area contributed by atoms with Gasteiger partial charge in [-0.3, -0.25) is 10.1 Å². The van der Waals surface area contributed by atoms with E-state index in [2.05, 4.69) is 14.7 Å². The Kier molecular flexibility index (Phi) is 6.74. The van der Waals surface area contributed by atoms with Crippen LogP contribution in [0.25, 0.3) is 6.08 Å². The summed E-state index contributed by atoms with van der Waals surface area (Å²) in [7, 11) is -3.59. The van der Waals surface area contributed by atoms with Gasteiger partial charge in [-0.25, -0.2) is 12.8 Å². The molecule has 0 saturated carbocycles. The van der Waals surface area contributed by atoms with Crippen LogP contribution in [-0.2, 0) is 21.2 Å². The Morgan fingerprint density at radius 1 is 1.23 bits per heavy atom. The Bertz CT molecular complexity index is 1260. The van der Waals surface area contributed by atoms with Crippen molar-refractivity contribution in [2.24, 2.45) is 0 Å². The molecule has 1 amide bonds. The lowest BCUT2D eigenvalue weighted by molar-refractivity contribution is -0.112. The summed E-state index contributed by atoms with van der Waals surface area (Å²) in [5.74, 6) is -0.499. The van der Waals surface area contributed by atoms with E-state index in [4.69, 9.17) is 4.74 Å². The highest BCUT2D eigenvalue weighted by Crippen LogP contribution is 2.18. The molecule has 1 aromatic heterocycles. The van der Waals surface area contributed by atoms with Crippen molar-refractivity contribution in [2.45, 2.75) is 11.8 Å². The zero-order valence-corrected chi connectivity index (χ0v) is 17.7. The maximum Gasteiger partial charge on any atom is 0.268 e. The molecule has 0 aliphatic rings. The van der Waals surface area contributed by atoms with Gasteiger partial charge in [0, 0.05) is 17.8 Å². The Hall–Kier alpha value is -3.62. The number of halogens is 1. The summed E-state index contributed by atoms with van der Waals surface area (Å²) in [5, 5.41) is 11.2. The molecule has 2 aromatic carbocycles. The fourth-order valence-electron chi connectivity index (χ4n) is 2.30. The molecule has 0 radical (unpaired) electrons. The molecular weight excluding hydrogens is 443 g/mol. The lowest BCUT2D eigenvalue weighted by Crippen LogP contribution is -2.13. The third kappa shape index (κ3) is 6.18. The number of nitrogens with zero attached hydrogens (tertiary/aromatic N) is 3. The van der Waals surface area contributed by atoms with Gasteiger partial charge in [-0.15, -0.1) is 0 Å². The summed E-state index contributed by atoms with van der Waals surface area (Å²) in [6.07, 6.45) is 2.33. The third-order valence-electron chi connectivity index (χ3n) is 3.83. The summed E-state index contributed by atoms with van der Waals surface area (Å²) < 4.78 is 45.0. The zero-order chi connectivity index (χ0) is 22.4. The van der Waals surface area contributed by atoms with E-state index in [1.54, 1.807) is 42.5 Å². The molecule has 0 atom stereocenters. The van der Waals surface area contributed by atoms with Crippen molar-refractivity contribution in [1.29, 1.82) is 5.26 Å². The largest absolute Gasteiger partial charge is 0.489 e. The fraction of sp³-hybridized carbons (Fsp3) is 0.100. The van der Waals surface area contributed by atoms with E-state index in [0.29, 0.717) is 22.8 Å². The molecule has 3 rings (SSSR count). The number of carbonyl (C=O) groups excluding carboxylic acids is 1. The highest BCUT2D eigenvalue weighted by atomic mass is 32.2. The van der Waals surface area contributed by atoms with E-state index in [0.717, 1.165) is 11.8 Å². The minimum Gasteiger partial charge on any atom is -0.489 e. The summed E-state index contributed by atoms with van der Waals surface area (Å²) >= 11 is 0.699. The number of ether oxygens (including phenoxy) is 1. The van der Waals surface area contributed by atoms with Gasteiger partial charge in [-0.2, -0.15) is 14.6 Å². The Morgan fingerprint density at radius 3 is 2.48 bits per heavy atom. The van der Waals surface area contributed by atoms with Crippen molar-refractivity contribution in [2.75, 3.05) is 11.6 Å². The highest BCUT2D eigenvalue weighted by Gasteiger charge is 2.17. The summed E-state index contributed by atoms with van der Waals surface area (Å²) in [6.45, 7) is 0.263. The molecule has 0 aliphatic carbocycles. The van der Waals surface area contributed by atoms with E-state index in [-0.39, 0.29) is 23.1 Å². The van der Waals surface area contributed by atoms with Gasteiger partial charge >= 0.3 is 0 Å². The van der Waals surface area contributed by atoms with Crippen molar-refractivity contribution in [1.82, 2.24) is 9.36 Å². The molecule has 31 heavy (non-hydrogen) atoms. The average molecular weight is 458 g/mol. The second-order valence-corrected chi connectivity index (χ2v) is 8.92. The van der Waals surface area contributed by atoms with E-state index < -0.39 is 20.9 Å². The van der Waals surface area contributed by atoms with E-state index in [1.165, 1.54) is 18.2 Å². The predicted molar refractivity (Wildman–Crippen MR) is 112 cm³/mol. The van der Waals surface area contributed by atoms with Gasteiger partial charge in [0.2, 0.25) is 15.0 Å². The number of carbonyl (C=O) groups is 1. The number of hydrogen-bond acceptors (Lipinski definition) is 8. The van der Waals surface area contributed by atoms with Crippen LogP contribution in [0.15, 0.2) is 59.3 Å². The maximum absolute atomic E-state index is 12.9. The molecule has 158 valence electrons. The van der Waals surface area contributed by atoms with Crippen LogP contribution in [0, 0.1) is 17.1 Å². The second kappa shape index (κ2) is 9.46. The molecule has 0 bridgehead atoms. The van der Waals surface area contributed by atoms with Gasteiger partial charge in [-0.05, 0) is 41.5 Å². The number of hydrogen-bond donors (Lipinski definition) is 1. The number of benzene rings is 2. The van der Waals surface area contributed by atoms with Crippen LogP contribution >= 0.6 is 11.5 Å². The van der Waals surface area contributed by atoms with Crippen LogP contribution in [0.5, 0.6) is 5.75 Å². The van der Waals surface area contributed by atoms with Gasteiger partial charge in [-0.1, -0.05) is 24.3 Å². The van der Waals surface area contributed by atoms with E-state index in [1.807, 2.05) is 0 Å². The molecular formula is C20H15FN4O4S2. The number of aromatic nitrogens is 2. The summed E-state index contributed by atoms with van der Waals surface area (Å²) in [4.78, 5) is 16.0. The minimum absolute atomic E-state index is 0.0314. The topological polar surface area (TPSA) is 122 Å². The summed E-state index contributed by atoms with van der Waals surface area (Å²) in [6, 6.07) is 14.4. The average Bonchev–Trinajstić information content (AvgIpc) is 3.21. The normalized spacial score (nSPS) is 11.6. The molecule has 0 unspecified atom stereocenters. The van der Waals surface area contributed by atoms with Gasteiger partial charge in [0.1, 0.15) is 29.8 Å². The number of nitrogens with one attached hydrogen (secondary N) is 1. The van der Waals surface area contributed by atoms with Crippen LogP contribution < -0.4 is 10.1 Å². The Labute approximate surface area is 181 Å². The number of sulfone groups is 1. The predicted octanol–water partition coefficient (Wildman–Crippen LogP) is 3.21. The van der Waals surface area contributed by atoms with E-state index in [9.17, 15) is 22.9 Å². The molecule has 3 aromatic rings. The standard InChI is InChI=1S/C20H15FN4O4S2/c1-31(27,28)20-24-19(30-25-20)23-18(26)15(11-22)10-13-4-8-17(9-5-13)29-12-14-2-6-16(21)7-3-14/h2-10H,12H2,1H3,(H,23,24,25,26). The first-order chi connectivity index (χ1) is 14.7. The molecule has 1 N–H and O–H groups in total. The van der Waals surface area contributed by atoms with Crippen LogP contribution in [0.3, 0.4) is 0 Å². The van der Waals surface area contributed by atoms with Crippen LogP contribution in [0.4, 0.5) is 9.52 Å². The molecule has 0 spiro atoms. The molecule has 0 saturated heterocycles. The lowest BCUT2D eigenvalue weighted by atomic mass is 10.1. The van der Waals surface area contributed by atoms with Crippen LogP contribution in [0.1, 0.15) is 11.1 Å². The van der Waals surface area contributed by atoms with Gasteiger partial charge in [0.05, 0.1) is 0 Å². The molecule has 11 heteroatoms. The highest BCUT2D eigenvalue weighted by molar-refractivity contribution is 7.90. The summed E-state index contributed by atoms with van der Waals surface area (Å²) in [5.41, 5.74) is 1.19. The van der Waals surface area contributed by atoms with Crippen molar-refractivity contribution in [3.8, 4) is 11.8 Å². The molecule has 0 aliphatic heterocycles. The second-order valence-electron chi connectivity index (χ2n) is 6.26. The van der Waals surface area contributed by atoms with Gasteiger partial charge in [0.15, 0.2) is 0 Å². The van der Waals surface area contributed by atoms with Crippen LogP contribution in [-0.4, -0.2) is 29.9 Å². The van der Waals surface area contributed by atoms with Crippen molar-refractivity contribution < 1.29 is 22.3 Å². The van der Waals surface area contributed by atoms with Crippen LogP contribution in [0.2, 0.25) is 0 Å². The number of rotatable bonds is 7. The monoisotopic (exact) mass is 458 g/mol. The quantitative estimate of drug-likeness (QED) is 0.426. The first kappa shape index (κ1) is 22.1. The third-order valence-corrected chi connectivity index (χ3v) is 5.43. The molecule has 0 fully saturated rings. The van der Waals surface area contributed by atoms with Gasteiger partial charge in [0.25, 0.3) is 11.1 Å². The first-order valence-corrected chi connectivity index (χ1v) is 11.4. The minimum atomic E-state index is -3.59. The number of nitriles is 1. The molecule has 1 heterocycles. The SMILES string of the molecule is CS(=O)(=O)c1nsc(NC(=O)C(C#N)=Cc2ccc(OCc3ccc(F)cc3)cc2)n1. The molecule has 8 nitrogen and oxygen atoms in total. The van der Waals surface area contributed by atoms with Crippen molar-refractivity contribution in [3.05, 3.63) is 71.0 Å². The van der Waals surface area contributed by atoms with Gasteiger partial charge < -0.3 is 4.74 Å². The van der Waals surface area contributed by atoms with Crippen molar-refractivity contribution in [3.63, 3.8) is 0 Å². The zero-order valence-electron chi connectivity index (χ0n) is 16.1. The number of amides is 1. The Morgan fingerprint density at radius 2 is 1.90 bits per heavy atom. The lowest BCUT2D eigenvalue weighted by Gasteiger charge is -2.07.